The molecule has 0 saturated carbocycles. The molecule has 3 N–H and O–H groups in total. The van der Waals surface area contributed by atoms with Gasteiger partial charge in [0.2, 0.25) is 5.91 Å². The van der Waals surface area contributed by atoms with Crippen molar-refractivity contribution in [2.75, 3.05) is 25.0 Å². The average molecular weight is 352 g/mol. The minimum atomic E-state index is -0.364. The fourth-order valence-electron chi connectivity index (χ4n) is 2.34. The first kappa shape index (κ1) is 20.1. The van der Waals surface area contributed by atoms with Crippen LogP contribution >= 0.6 is 12.4 Å². The lowest BCUT2D eigenvalue weighted by atomic mass is 10.2. The molecule has 1 amide bonds. The number of nitrogens with zero attached hydrogens (tertiary/aromatic N) is 1. The number of benzene rings is 2. The Balaban J connectivity index is 0.00000288. The van der Waals surface area contributed by atoms with Crippen LogP contribution in [0, 0.1) is 5.82 Å². The lowest BCUT2D eigenvalue weighted by molar-refractivity contribution is -0.116. The summed E-state index contributed by atoms with van der Waals surface area (Å²) in [5.74, 6) is -0.498. The first-order chi connectivity index (χ1) is 11.2. The zero-order chi connectivity index (χ0) is 16.5. The summed E-state index contributed by atoms with van der Waals surface area (Å²) in [6.45, 7) is 2.62. The molecule has 6 heteroatoms. The standard InChI is InChI=1S/C18H22FN3O.ClH/c19-16-7-4-8-17(13-16)21-18(23)9-11-22(12-10-20)14-15-5-2-1-3-6-15;/h1-8,13H,9-12,14,20H2,(H,21,23);1H. The molecule has 0 spiro atoms. The summed E-state index contributed by atoms with van der Waals surface area (Å²) in [6.07, 6.45) is 0.337. The largest absolute Gasteiger partial charge is 0.329 e. The van der Waals surface area contributed by atoms with Crippen molar-refractivity contribution in [3.8, 4) is 0 Å². The highest BCUT2D eigenvalue weighted by molar-refractivity contribution is 5.90. The predicted molar refractivity (Wildman–Crippen MR) is 97.7 cm³/mol. The number of halogens is 2. The zero-order valence-corrected chi connectivity index (χ0v) is 14.3. The van der Waals surface area contributed by atoms with Gasteiger partial charge in [0.25, 0.3) is 0 Å². The third-order valence-electron chi connectivity index (χ3n) is 3.46. The topological polar surface area (TPSA) is 58.4 Å². The van der Waals surface area contributed by atoms with Gasteiger partial charge >= 0.3 is 0 Å². The lowest BCUT2D eigenvalue weighted by Crippen LogP contribution is -2.32. The van der Waals surface area contributed by atoms with Crippen molar-refractivity contribution in [2.24, 2.45) is 5.73 Å². The van der Waals surface area contributed by atoms with Gasteiger partial charge in [-0.3, -0.25) is 9.69 Å². The molecule has 0 atom stereocenters. The highest BCUT2D eigenvalue weighted by atomic mass is 35.5. The maximum Gasteiger partial charge on any atom is 0.225 e. The molecule has 4 nitrogen and oxygen atoms in total. The average Bonchev–Trinajstić information content (AvgIpc) is 2.54. The Labute approximate surface area is 148 Å². The smallest absolute Gasteiger partial charge is 0.225 e. The fourth-order valence-corrected chi connectivity index (χ4v) is 2.34. The van der Waals surface area contributed by atoms with Gasteiger partial charge in [-0.05, 0) is 23.8 Å². The Morgan fingerprint density at radius 2 is 1.83 bits per heavy atom. The predicted octanol–water partition coefficient (Wildman–Crippen LogP) is 3.04. The van der Waals surface area contributed by atoms with Crippen LogP contribution in [0.2, 0.25) is 0 Å². The molecule has 0 saturated heterocycles. The summed E-state index contributed by atoms with van der Waals surface area (Å²) in [5.41, 5.74) is 7.31. The van der Waals surface area contributed by atoms with E-state index in [0.717, 1.165) is 13.1 Å². The Hall–Kier alpha value is -1.95. The van der Waals surface area contributed by atoms with E-state index in [1.54, 1.807) is 12.1 Å². The van der Waals surface area contributed by atoms with Crippen molar-refractivity contribution in [1.29, 1.82) is 0 Å². The molecule has 0 radical (unpaired) electrons. The van der Waals surface area contributed by atoms with Gasteiger partial charge in [0.1, 0.15) is 5.82 Å². The van der Waals surface area contributed by atoms with Gasteiger partial charge in [-0.25, -0.2) is 4.39 Å². The first-order valence-electron chi connectivity index (χ1n) is 7.69. The van der Waals surface area contributed by atoms with Crippen molar-refractivity contribution in [3.63, 3.8) is 0 Å². The van der Waals surface area contributed by atoms with Crippen molar-refractivity contribution in [3.05, 3.63) is 66.0 Å². The molecule has 130 valence electrons. The number of anilines is 1. The quantitative estimate of drug-likeness (QED) is 0.768. The molecule has 0 bridgehead atoms. The molecule has 0 fully saturated rings. The minimum absolute atomic E-state index is 0. The molecular weight excluding hydrogens is 329 g/mol. The molecule has 0 aliphatic heterocycles. The van der Waals surface area contributed by atoms with Crippen LogP contribution in [0.5, 0.6) is 0 Å². The summed E-state index contributed by atoms with van der Waals surface area (Å²) in [4.78, 5) is 14.1. The number of hydrogen-bond donors (Lipinski definition) is 2. The maximum absolute atomic E-state index is 13.1. The molecule has 0 aliphatic carbocycles. The molecule has 2 rings (SSSR count). The van der Waals surface area contributed by atoms with E-state index in [1.165, 1.54) is 17.7 Å². The van der Waals surface area contributed by atoms with E-state index in [-0.39, 0.29) is 24.1 Å². The summed E-state index contributed by atoms with van der Waals surface area (Å²) < 4.78 is 13.1. The maximum atomic E-state index is 13.1. The second kappa shape index (κ2) is 10.8. The molecule has 0 unspecified atom stereocenters. The molecule has 0 aromatic heterocycles. The second-order valence-electron chi connectivity index (χ2n) is 5.36. The Kier molecular flexibility index (Phi) is 9.01. The lowest BCUT2D eigenvalue weighted by Gasteiger charge is -2.21. The zero-order valence-electron chi connectivity index (χ0n) is 13.5. The van der Waals surface area contributed by atoms with Gasteiger partial charge in [-0.1, -0.05) is 36.4 Å². The molecular formula is C18H23ClFN3O. The van der Waals surface area contributed by atoms with Crippen molar-refractivity contribution in [2.45, 2.75) is 13.0 Å². The summed E-state index contributed by atoms with van der Waals surface area (Å²) in [6, 6.07) is 16.0. The Bertz CT molecular complexity index is 625. The normalized spacial score (nSPS) is 10.3. The molecule has 2 aromatic carbocycles. The van der Waals surface area contributed by atoms with Crippen LogP contribution < -0.4 is 11.1 Å². The van der Waals surface area contributed by atoms with Crippen LogP contribution in [0.4, 0.5) is 10.1 Å². The van der Waals surface area contributed by atoms with Gasteiger partial charge in [-0.2, -0.15) is 0 Å². The van der Waals surface area contributed by atoms with Gasteiger partial charge in [0, 0.05) is 38.3 Å². The number of carbonyl (C=O) groups is 1. The van der Waals surface area contributed by atoms with Crippen LogP contribution in [0.15, 0.2) is 54.6 Å². The third-order valence-corrected chi connectivity index (χ3v) is 3.46. The third kappa shape index (κ3) is 7.08. The molecule has 24 heavy (non-hydrogen) atoms. The van der Waals surface area contributed by atoms with E-state index in [9.17, 15) is 9.18 Å². The van der Waals surface area contributed by atoms with E-state index >= 15 is 0 Å². The monoisotopic (exact) mass is 351 g/mol. The molecule has 2 aromatic rings. The van der Waals surface area contributed by atoms with Crippen LogP contribution in [-0.4, -0.2) is 30.4 Å². The number of carbonyl (C=O) groups excluding carboxylic acids is 1. The number of nitrogens with one attached hydrogen (secondary N) is 1. The minimum Gasteiger partial charge on any atom is -0.329 e. The van der Waals surface area contributed by atoms with E-state index < -0.39 is 0 Å². The summed E-state index contributed by atoms with van der Waals surface area (Å²) in [5, 5.41) is 2.71. The number of hydrogen-bond acceptors (Lipinski definition) is 3. The Morgan fingerprint density at radius 1 is 1.08 bits per heavy atom. The van der Waals surface area contributed by atoms with E-state index in [4.69, 9.17) is 5.73 Å². The molecule has 0 heterocycles. The van der Waals surface area contributed by atoms with Gasteiger partial charge in [0.15, 0.2) is 0 Å². The van der Waals surface area contributed by atoms with Crippen LogP contribution in [0.25, 0.3) is 0 Å². The number of nitrogens with two attached hydrogens (primary N) is 1. The van der Waals surface area contributed by atoms with Crippen LogP contribution in [0.3, 0.4) is 0 Å². The van der Waals surface area contributed by atoms with E-state index in [0.29, 0.717) is 25.2 Å². The Morgan fingerprint density at radius 3 is 2.50 bits per heavy atom. The molecule has 0 aliphatic rings. The fraction of sp³-hybridized carbons (Fsp3) is 0.278. The van der Waals surface area contributed by atoms with Crippen molar-refractivity contribution >= 4 is 24.0 Å². The number of rotatable bonds is 8. The second-order valence-corrected chi connectivity index (χ2v) is 5.36. The van der Waals surface area contributed by atoms with Crippen LogP contribution in [-0.2, 0) is 11.3 Å². The van der Waals surface area contributed by atoms with Crippen LogP contribution in [0.1, 0.15) is 12.0 Å². The highest BCUT2D eigenvalue weighted by Crippen LogP contribution is 2.10. The summed E-state index contributed by atoms with van der Waals surface area (Å²) in [7, 11) is 0. The highest BCUT2D eigenvalue weighted by Gasteiger charge is 2.09. The van der Waals surface area contributed by atoms with Crippen molar-refractivity contribution < 1.29 is 9.18 Å². The first-order valence-corrected chi connectivity index (χ1v) is 7.69. The van der Waals surface area contributed by atoms with Gasteiger partial charge in [0.05, 0.1) is 0 Å². The van der Waals surface area contributed by atoms with E-state index in [2.05, 4.69) is 22.3 Å². The number of amides is 1. The van der Waals surface area contributed by atoms with Crippen molar-refractivity contribution in [1.82, 2.24) is 4.90 Å². The SMILES string of the molecule is Cl.NCCN(CCC(=O)Nc1cccc(F)c1)Cc1ccccc1. The van der Waals surface area contributed by atoms with E-state index in [1.807, 2.05) is 18.2 Å². The van der Waals surface area contributed by atoms with Gasteiger partial charge in [-0.15, -0.1) is 12.4 Å². The van der Waals surface area contributed by atoms with Gasteiger partial charge < -0.3 is 11.1 Å². The summed E-state index contributed by atoms with van der Waals surface area (Å²) >= 11 is 0.